The van der Waals surface area contributed by atoms with Gasteiger partial charge in [0.05, 0.1) is 12.8 Å². The molecule has 0 atom stereocenters. The highest BCUT2D eigenvalue weighted by Crippen LogP contribution is 2.23. The Morgan fingerprint density at radius 3 is 2.74 bits per heavy atom. The van der Waals surface area contributed by atoms with E-state index >= 15 is 0 Å². The number of aromatic nitrogens is 2. The number of hydrogen-bond donors (Lipinski definition) is 2. The lowest BCUT2D eigenvalue weighted by atomic mass is 10.3. The molecule has 2 amide bonds. The van der Waals surface area contributed by atoms with Crippen molar-refractivity contribution in [1.29, 1.82) is 0 Å². The fourth-order valence-electron chi connectivity index (χ4n) is 2.55. The van der Waals surface area contributed by atoms with Crippen molar-refractivity contribution in [2.24, 2.45) is 0 Å². The summed E-state index contributed by atoms with van der Waals surface area (Å²) in [6, 6.07) is 8.64. The molecule has 1 aliphatic heterocycles. The summed E-state index contributed by atoms with van der Waals surface area (Å²) in [5, 5.41) is 5.47. The number of methoxy groups -OCH3 is 1. The molecule has 2 aromatic rings. The van der Waals surface area contributed by atoms with Gasteiger partial charge in [-0.25, -0.2) is 14.8 Å². The number of hydrogen-bond acceptors (Lipinski definition) is 5. The summed E-state index contributed by atoms with van der Waals surface area (Å²) < 4.78 is 5.21. The van der Waals surface area contributed by atoms with Gasteiger partial charge >= 0.3 is 6.03 Å². The van der Waals surface area contributed by atoms with E-state index in [9.17, 15) is 4.79 Å². The SMILES string of the molecule is COc1ccccc1NC(=O)Nc1cc(N2CCCC2)ncn1. The average molecular weight is 313 g/mol. The topological polar surface area (TPSA) is 79.4 Å². The summed E-state index contributed by atoms with van der Waals surface area (Å²) in [7, 11) is 1.56. The quantitative estimate of drug-likeness (QED) is 0.907. The van der Waals surface area contributed by atoms with Crippen molar-refractivity contribution in [3.05, 3.63) is 36.7 Å². The third kappa shape index (κ3) is 3.68. The number of anilines is 3. The Balaban J connectivity index is 1.67. The van der Waals surface area contributed by atoms with Gasteiger partial charge < -0.3 is 15.0 Å². The number of nitrogens with one attached hydrogen (secondary N) is 2. The van der Waals surface area contributed by atoms with Crippen LogP contribution < -0.4 is 20.3 Å². The second-order valence-corrected chi connectivity index (χ2v) is 5.24. The van der Waals surface area contributed by atoms with Crippen molar-refractivity contribution >= 4 is 23.4 Å². The van der Waals surface area contributed by atoms with Gasteiger partial charge in [0, 0.05) is 19.2 Å². The zero-order valence-corrected chi connectivity index (χ0v) is 13.0. The molecule has 2 N–H and O–H groups in total. The molecule has 7 heteroatoms. The Morgan fingerprint density at radius 2 is 1.96 bits per heavy atom. The highest BCUT2D eigenvalue weighted by atomic mass is 16.5. The van der Waals surface area contributed by atoms with Crippen molar-refractivity contribution in [1.82, 2.24) is 9.97 Å². The van der Waals surface area contributed by atoms with Gasteiger partial charge in [-0.2, -0.15) is 0 Å². The van der Waals surface area contributed by atoms with Gasteiger partial charge in [0.15, 0.2) is 0 Å². The predicted octanol–water partition coefficient (Wildman–Crippen LogP) is 2.73. The second-order valence-electron chi connectivity index (χ2n) is 5.24. The first-order valence-electron chi connectivity index (χ1n) is 7.54. The molecule has 1 saturated heterocycles. The van der Waals surface area contributed by atoms with E-state index in [1.54, 1.807) is 25.3 Å². The standard InChI is InChI=1S/C16H19N5O2/c1-23-13-7-3-2-6-12(13)19-16(22)20-14-10-15(18-11-17-14)21-8-4-5-9-21/h2-3,6-7,10-11H,4-5,8-9H2,1H3,(H2,17,18,19,20,22). The van der Waals surface area contributed by atoms with E-state index in [0.29, 0.717) is 17.3 Å². The Kier molecular flexibility index (Phi) is 4.56. The molecular weight excluding hydrogens is 294 g/mol. The fourth-order valence-corrected chi connectivity index (χ4v) is 2.55. The molecule has 3 rings (SSSR count). The van der Waals surface area contributed by atoms with Crippen molar-refractivity contribution in [3.8, 4) is 5.75 Å². The summed E-state index contributed by atoms with van der Waals surface area (Å²) >= 11 is 0. The molecule has 23 heavy (non-hydrogen) atoms. The van der Waals surface area contributed by atoms with E-state index < -0.39 is 0 Å². The van der Waals surface area contributed by atoms with Gasteiger partial charge in [0.2, 0.25) is 0 Å². The normalized spacial score (nSPS) is 13.7. The van der Waals surface area contributed by atoms with Crippen LogP contribution >= 0.6 is 0 Å². The van der Waals surface area contributed by atoms with Crippen LogP contribution in [0, 0.1) is 0 Å². The van der Waals surface area contributed by atoms with Crippen LogP contribution in [-0.4, -0.2) is 36.2 Å². The molecule has 1 fully saturated rings. The summed E-state index contributed by atoms with van der Waals surface area (Å²) in [6.45, 7) is 1.98. The fraction of sp³-hybridized carbons (Fsp3) is 0.312. The molecule has 1 aromatic carbocycles. The van der Waals surface area contributed by atoms with Gasteiger partial charge in [-0.1, -0.05) is 12.1 Å². The summed E-state index contributed by atoms with van der Waals surface area (Å²) in [5.74, 6) is 1.91. The van der Waals surface area contributed by atoms with Gasteiger partial charge in [0.25, 0.3) is 0 Å². The van der Waals surface area contributed by atoms with Crippen molar-refractivity contribution < 1.29 is 9.53 Å². The molecule has 0 bridgehead atoms. The number of rotatable bonds is 4. The Morgan fingerprint density at radius 1 is 1.17 bits per heavy atom. The number of nitrogens with zero attached hydrogens (tertiary/aromatic N) is 3. The molecule has 7 nitrogen and oxygen atoms in total. The molecule has 1 aliphatic rings. The monoisotopic (exact) mass is 313 g/mol. The van der Waals surface area contributed by atoms with Crippen LogP contribution in [0.5, 0.6) is 5.75 Å². The molecule has 0 aliphatic carbocycles. The Hall–Kier alpha value is -2.83. The lowest BCUT2D eigenvalue weighted by Gasteiger charge is -2.16. The maximum atomic E-state index is 12.1. The van der Waals surface area contributed by atoms with Crippen LogP contribution in [0.1, 0.15) is 12.8 Å². The first kappa shape index (κ1) is 15.1. The number of para-hydroxylation sites is 2. The zero-order valence-electron chi connectivity index (χ0n) is 13.0. The van der Waals surface area contributed by atoms with Crippen LogP contribution in [-0.2, 0) is 0 Å². The van der Waals surface area contributed by atoms with E-state index in [-0.39, 0.29) is 6.03 Å². The number of ether oxygens (including phenoxy) is 1. The number of carbonyl (C=O) groups is 1. The lowest BCUT2D eigenvalue weighted by molar-refractivity contribution is 0.262. The van der Waals surface area contributed by atoms with Crippen molar-refractivity contribution in [2.75, 3.05) is 35.7 Å². The minimum absolute atomic E-state index is 0.374. The molecule has 120 valence electrons. The molecular formula is C16H19N5O2. The summed E-state index contributed by atoms with van der Waals surface area (Å²) in [5.41, 5.74) is 0.598. The minimum Gasteiger partial charge on any atom is -0.495 e. The lowest BCUT2D eigenvalue weighted by Crippen LogP contribution is -2.22. The molecule has 0 saturated carbocycles. The van der Waals surface area contributed by atoms with Crippen LogP contribution in [0.4, 0.5) is 22.1 Å². The number of benzene rings is 1. The van der Waals surface area contributed by atoms with Crippen molar-refractivity contribution in [2.45, 2.75) is 12.8 Å². The minimum atomic E-state index is -0.374. The third-order valence-corrected chi connectivity index (χ3v) is 3.68. The number of amides is 2. The average Bonchev–Trinajstić information content (AvgIpc) is 3.10. The first-order chi connectivity index (χ1) is 11.3. The van der Waals surface area contributed by atoms with E-state index in [1.165, 1.54) is 19.2 Å². The van der Waals surface area contributed by atoms with E-state index in [0.717, 1.165) is 18.9 Å². The van der Waals surface area contributed by atoms with Gasteiger partial charge in [-0.05, 0) is 25.0 Å². The molecule has 0 radical (unpaired) electrons. The van der Waals surface area contributed by atoms with E-state index in [4.69, 9.17) is 4.74 Å². The van der Waals surface area contributed by atoms with E-state index in [2.05, 4.69) is 25.5 Å². The highest BCUT2D eigenvalue weighted by Gasteiger charge is 2.15. The Bertz CT molecular complexity index is 686. The molecule has 1 aromatic heterocycles. The predicted molar refractivity (Wildman–Crippen MR) is 89.1 cm³/mol. The van der Waals surface area contributed by atoms with Gasteiger partial charge in [0.1, 0.15) is 23.7 Å². The Labute approximate surface area is 134 Å². The summed E-state index contributed by atoms with van der Waals surface area (Å²) in [6.07, 6.45) is 3.80. The van der Waals surface area contributed by atoms with Crippen molar-refractivity contribution in [3.63, 3.8) is 0 Å². The van der Waals surface area contributed by atoms with Crippen LogP contribution in [0.2, 0.25) is 0 Å². The number of carbonyl (C=O) groups excluding carboxylic acids is 1. The highest BCUT2D eigenvalue weighted by molar-refractivity contribution is 6.00. The molecule has 0 unspecified atom stereocenters. The largest absolute Gasteiger partial charge is 0.495 e. The van der Waals surface area contributed by atoms with E-state index in [1.807, 2.05) is 12.1 Å². The maximum absolute atomic E-state index is 12.1. The van der Waals surface area contributed by atoms with Crippen LogP contribution in [0.3, 0.4) is 0 Å². The van der Waals surface area contributed by atoms with Crippen LogP contribution in [0.15, 0.2) is 36.7 Å². The smallest absolute Gasteiger partial charge is 0.324 e. The maximum Gasteiger partial charge on any atom is 0.324 e. The van der Waals surface area contributed by atoms with Gasteiger partial charge in [-0.15, -0.1) is 0 Å². The first-order valence-corrected chi connectivity index (χ1v) is 7.54. The molecule has 2 heterocycles. The zero-order chi connectivity index (χ0) is 16.1. The summed E-state index contributed by atoms with van der Waals surface area (Å²) in [4.78, 5) is 22.7. The second kappa shape index (κ2) is 6.95. The number of urea groups is 1. The van der Waals surface area contributed by atoms with Crippen LogP contribution in [0.25, 0.3) is 0 Å². The van der Waals surface area contributed by atoms with Gasteiger partial charge in [-0.3, -0.25) is 5.32 Å². The molecule has 0 spiro atoms. The third-order valence-electron chi connectivity index (χ3n) is 3.68.